The minimum atomic E-state index is -5.12. The van der Waals surface area contributed by atoms with Gasteiger partial charge in [-0.2, -0.15) is 23.1 Å². The van der Waals surface area contributed by atoms with E-state index in [4.69, 9.17) is 0 Å². The number of alkyl halides is 3. The Morgan fingerprint density at radius 1 is 1.09 bits per heavy atom. The van der Waals surface area contributed by atoms with Crippen LogP contribution in [0.3, 0.4) is 0 Å². The van der Waals surface area contributed by atoms with Gasteiger partial charge in [0.1, 0.15) is 12.2 Å². The first-order chi connectivity index (χ1) is 22.1. The van der Waals surface area contributed by atoms with E-state index in [0.717, 1.165) is 38.0 Å². The molecule has 0 spiro atoms. The van der Waals surface area contributed by atoms with Crippen LogP contribution in [0.25, 0.3) is 11.2 Å². The number of carbonyl (C=O) groups is 1. The summed E-state index contributed by atoms with van der Waals surface area (Å²) in [5.74, 6) is -1.44. The highest BCUT2D eigenvalue weighted by Gasteiger charge is 2.51. The summed E-state index contributed by atoms with van der Waals surface area (Å²) in [5, 5.41) is 39.1. The zero-order valence-electron chi connectivity index (χ0n) is 25.9. The fourth-order valence-electron chi connectivity index (χ4n) is 6.44. The summed E-state index contributed by atoms with van der Waals surface area (Å²) >= 11 is 0. The number of piperidine rings is 1. The number of aromatic nitrogens is 4. The minimum Gasteiger partial charge on any atom is -0.391 e. The summed E-state index contributed by atoms with van der Waals surface area (Å²) in [6.45, 7) is 4.96. The number of hydrogen-bond acceptors (Lipinski definition) is 10. The molecule has 3 aromatic rings. The van der Waals surface area contributed by atoms with Crippen molar-refractivity contribution in [3.8, 4) is 0 Å². The van der Waals surface area contributed by atoms with Crippen LogP contribution in [0.4, 0.5) is 24.9 Å². The van der Waals surface area contributed by atoms with Gasteiger partial charge in [0.15, 0.2) is 17.0 Å². The molecule has 1 aliphatic carbocycles. The lowest BCUT2D eigenvalue weighted by molar-refractivity contribution is -0.190. The lowest BCUT2D eigenvalue weighted by Gasteiger charge is -2.31. The Hall–Kier alpha value is -3.53. The third kappa shape index (κ3) is 7.88. The lowest BCUT2D eigenvalue weighted by Crippen LogP contribution is -2.51. The van der Waals surface area contributed by atoms with E-state index in [1.807, 2.05) is 30.3 Å². The highest BCUT2D eigenvalue weighted by atomic mass is 19.4. The second kappa shape index (κ2) is 14.9. The summed E-state index contributed by atoms with van der Waals surface area (Å²) in [4.78, 5) is 29.0. The lowest BCUT2D eigenvalue weighted by atomic mass is 10.1. The summed E-state index contributed by atoms with van der Waals surface area (Å²) < 4.78 is 41.8. The third-order valence-corrected chi connectivity index (χ3v) is 8.75. The van der Waals surface area contributed by atoms with Crippen LogP contribution < -0.4 is 10.6 Å². The smallest absolute Gasteiger partial charge is 0.391 e. The predicted octanol–water partition coefficient (Wildman–Crippen LogP) is 2.58. The minimum absolute atomic E-state index is 0.143. The van der Waals surface area contributed by atoms with E-state index >= 15 is 0 Å². The van der Waals surface area contributed by atoms with E-state index in [2.05, 4.69) is 30.5 Å². The molecular weight excluding hydrogens is 605 g/mol. The Bertz CT molecular complexity index is 1440. The summed E-state index contributed by atoms with van der Waals surface area (Å²) in [7, 11) is 0. The molecule has 5 atom stereocenters. The Morgan fingerprint density at radius 2 is 1.83 bits per heavy atom. The molecule has 1 amide bonds. The highest BCUT2D eigenvalue weighted by Crippen LogP contribution is 2.38. The number of carbonyl (C=O) groups excluding carboxylic acids is 1. The third-order valence-electron chi connectivity index (χ3n) is 8.75. The molecule has 15 heteroatoms. The van der Waals surface area contributed by atoms with Gasteiger partial charge in [0.05, 0.1) is 24.5 Å². The molecule has 1 saturated heterocycles. The van der Waals surface area contributed by atoms with Gasteiger partial charge in [-0.1, -0.05) is 43.7 Å². The van der Waals surface area contributed by atoms with Crippen LogP contribution >= 0.6 is 0 Å². The Morgan fingerprint density at radius 3 is 2.52 bits per heavy atom. The fourth-order valence-corrected chi connectivity index (χ4v) is 6.44. The number of nitrogens with zero attached hydrogens (tertiary/aromatic N) is 6. The molecule has 3 heterocycles. The molecule has 1 aliphatic heterocycles. The molecule has 5 N–H and O–H groups in total. The number of aliphatic hydroxyl groups excluding tert-OH is 3. The number of halogens is 3. The first-order valence-electron chi connectivity index (χ1n) is 16.0. The number of aliphatic hydroxyl groups is 3. The van der Waals surface area contributed by atoms with Gasteiger partial charge in [-0.05, 0) is 44.3 Å². The van der Waals surface area contributed by atoms with Crippen LogP contribution in [0.15, 0.2) is 36.7 Å². The largest absolute Gasteiger partial charge is 0.471 e. The van der Waals surface area contributed by atoms with Crippen LogP contribution in [0.1, 0.15) is 50.6 Å². The van der Waals surface area contributed by atoms with Crippen LogP contribution in [0.2, 0.25) is 0 Å². The summed E-state index contributed by atoms with van der Waals surface area (Å²) in [6.07, 6.45) is -3.52. The van der Waals surface area contributed by atoms with E-state index < -0.39 is 42.5 Å². The zero-order chi connectivity index (χ0) is 32.8. The number of rotatable bonds is 13. The number of fused-ring (bicyclic) bond motifs is 1. The van der Waals surface area contributed by atoms with E-state index in [1.165, 1.54) is 17.3 Å². The Kier molecular flexibility index (Phi) is 11.0. The molecule has 0 bridgehead atoms. The molecule has 5 rings (SSSR count). The number of amides is 1. The molecule has 2 aromatic heterocycles. The van der Waals surface area contributed by atoms with Crippen molar-refractivity contribution in [2.45, 2.75) is 82.0 Å². The van der Waals surface area contributed by atoms with Crippen molar-refractivity contribution >= 4 is 28.8 Å². The number of nitrogens with one attached hydrogen (secondary N) is 2. The number of hydrogen-bond donors (Lipinski definition) is 5. The van der Waals surface area contributed by atoms with Gasteiger partial charge in [0.25, 0.3) is 0 Å². The molecule has 1 aromatic carbocycles. The van der Waals surface area contributed by atoms with Gasteiger partial charge in [0.2, 0.25) is 5.95 Å². The number of anilines is 2. The molecule has 46 heavy (non-hydrogen) atoms. The average molecular weight is 649 g/mol. The van der Waals surface area contributed by atoms with Gasteiger partial charge in [-0.25, -0.2) is 4.98 Å². The first kappa shape index (κ1) is 33.8. The number of likely N-dealkylation sites (tertiary alicyclic amines) is 1. The molecule has 2 aliphatic rings. The quantitative estimate of drug-likeness (QED) is 0.187. The summed E-state index contributed by atoms with van der Waals surface area (Å²) in [5.41, 5.74) is 1.59. The van der Waals surface area contributed by atoms with Crippen LogP contribution in [-0.2, 0) is 11.2 Å². The van der Waals surface area contributed by atoms with E-state index in [-0.39, 0.29) is 37.5 Å². The van der Waals surface area contributed by atoms with Crippen molar-refractivity contribution in [2.75, 3.05) is 49.9 Å². The van der Waals surface area contributed by atoms with E-state index in [1.54, 1.807) is 6.92 Å². The predicted molar refractivity (Wildman–Crippen MR) is 166 cm³/mol. The first-order valence-corrected chi connectivity index (χ1v) is 16.0. The van der Waals surface area contributed by atoms with Crippen molar-refractivity contribution in [2.24, 2.45) is 0 Å². The topological polar surface area (TPSA) is 152 Å². The maximum atomic E-state index is 13.4. The van der Waals surface area contributed by atoms with Gasteiger partial charge in [-0.3, -0.25) is 4.79 Å². The standard InChI is InChI=1S/C31H43F3N8O4/c1-2-12-41(29(46)31(32,33)34)22-17-23(26(45)25(22)44)42-19-37-24-27(36-18-21(43)16-20-9-5-3-6-10-20)38-30(39-28(24)42)35-11-15-40-13-7-4-8-14-40/h3,5-6,9-10,19,21-23,25-26,43-45H,2,4,7-8,11-18H2,1H3,(H2,35,36,38,39)/t21-,22+,23-,25-,26+/m1/s1. The zero-order valence-corrected chi connectivity index (χ0v) is 25.9. The van der Waals surface area contributed by atoms with Crippen molar-refractivity contribution in [3.63, 3.8) is 0 Å². The maximum Gasteiger partial charge on any atom is 0.471 e. The molecule has 12 nitrogen and oxygen atoms in total. The number of benzene rings is 1. The van der Waals surface area contributed by atoms with Crippen molar-refractivity contribution < 1.29 is 33.3 Å². The fraction of sp³-hybridized carbons (Fsp3) is 0.613. The monoisotopic (exact) mass is 648 g/mol. The second-order valence-corrected chi connectivity index (χ2v) is 12.1. The molecule has 0 unspecified atom stereocenters. The van der Waals surface area contributed by atoms with Gasteiger partial charge in [-0.15, -0.1) is 0 Å². The van der Waals surface area contributed by atoms with E-state index in [0.29, 0.717) is 29.2 Å². The number of imidazole rings is 1. The summed E-state index contributed by atoms with van der Waals surface area (Å²) in [6, 6.07) is 7.38. The van der Waals surface area contributed by atoms with Gasteiger partial charge >= 0.3 is 12.1 Å². The molecular formula is C31H43F3N8O4. The SMILES string of the molecule is CCCN(C(=O)C(F)(F)F)[C@H]1C[C@@H](n2cnc3c(NC[C@H](O)Cc4ccccc4)nc(NCCN4CCCCC4)nc32)[C@H](O)[C@@H]1O. The normalized spacial score (nSPS) is 23.0. The molecule has 252 valence electrons. The van der Waals surface area contributed by atoms with Crippen LogP contribution in [0, 0.1) is 0 Å². The van der Waals surface area contributed by atoms with Crippen molar-refractivity contribution in [1.29, 1.82) is 0 Å². The maximum absolute atomic E-state index is 13.4. The average Bonchev–Trinajstić information content (AvgIpc) is 3.59. The van der Waals surface area contributed by atoms with Gasteiger partial charge < -0.3 is 40.3 Å². The van der Waals surface area contributed by atoms with E-state index in [9.17, 15) is 33.3 Å². The highest BCUT2D eigenvalue weighted by molar-refractivity contribution is 5.84. The Balaban J connectivity index is 1.40. The van der Waals surface area contributed by atoms with Gasteiger partial charge in [0, 0.05) is 32.6 Å². The van der Waals surface area contributed by atoms with Crippen LogP contribution in [0.5, 0.6) is 0 Å². The van der Waals surface area contributed by atoms with Crippen molar-refractivity contribution in [1.82, 2.24) is 29.3 Å². The molecule has 0 radical (unpaired) electrons. The Labute approximate surface area is 265 Å². The van der Waals surface area contributed by atoms with Crippen LogP contribution in [-0.4, -0.2) is 120 Å². The molecule has 2 fully saturated rings. The second-order valence-electron chi connectivity index (χ2n) is 12.1. The molecule has 1 saturated carbocycles. The van der Waals surface area contributed by atoms with Crippen molar-refractivity contribution in [3.05, 3.63) is 42.2 Å².